The van der Waals surface area contributed by atoms with Gasteiger partial charge in [0.1, 0.15) is 12.0 Å². The van der Waals surface area contributed by atoms with E-state index in [1.807, 2.05) is 30.3 Å². The van der Waals surface area contributed by atoms with Gasteiger partial charge in [-0.1, -0.05) is 30.3 Å². The lowest BCUT2D eigenvalue weighted by atomic mass is 9.97. The van der Waals surface area contributed by atoms with Gasteiger partial charge in [-0.3, -0.25) is 9.69 Å². The zero-order valence-electron chi connectivity index (χ0n) is 13.6. The molecular formula is C19H25NO3. The molecule has 2 bridgehead atoms. The molecule has 1 N–H and O–H groups in total. The van der Waals surface area contributed by atoms with Crippen LogP contribution < -0.4 is 0 Å². The topological polar surface area (TPSA) is 49.8 Å². The van der Waals surface area contributed by atoms with Crippen LogP contribution in [0.2, 0.25) is 0 Å². The fraction of sp³-hybridized carbons (Fsp3) is 0.632. The third-order valence-corrected chi connectivity index (χ3v) is 6.17. The number of hydrogen-bond acceptors (Lipinski definition) is 4. The molecule has 3 unspecified atom stereocenters. The van der Waals surface area contributed by atoms with Crippen LogP contribution in [0.3, 0.4) is 0 Å². The Balaban J connectivity index is 1.42. The number of nitrogens with zero attached hydrogens (tertiary/aromatic N) is 1. The number of aliphatic hydroxyl groups is 1. The van der Waals surface area contributed by atoms with E-state index in [4.69, 9.17) is 4.74 Å². The fourth-order valence-corrected chi connectivity index (χ4v) is 4.83. The minimum Gasteiger partial charge on any atom is -0.462 e. The summed E-state index contributed by atoms with van der Waals surface area (Å²) in [6.45, 7) is -0.202. The lowest BCUT2D eigenvalue weighted by molar-refractivity contribution is -0.153. The van der Waals surface area contributed by atoms with Gasteiger partial charge in [-0.25, -0.2) is 0 Å². The van der Waals surface area contributed by atoms with Crippen LogP contribution >= 0.6 is 0 Å². The number of esters is 1. The van der Waals surface area contributed by atoms with Crippen LogP contribution in [0.5, 0.6) is 0 Å². The summed E-state index contributed by atoms with van der Waals surface area (Å²) < 4.78 is 5.82. The Labute approximate surface area is 137 Å². The summed E-state index contributed by atoms with van der Waals surface area (Å²) in [4.78, 5) is 15.1. The Morgan fingerprint density at radius 2 is 1.96 bits per heavy atom. The standard InChI is InChI=1S/C19H25NO3/c1-20-17-8-7-13(9-18(20)15-10-14(15)17)23-19(22)16(11-21)12-5-3-2-4-6-12/h2-6,13-18,21H,7-11H2,1H3/t13?,14-,15+,16-,17?,18?/m1/s1. The maximum atomic E-state index is 12.5. The molecule has 2 saturated heterocycles. The number of benzene rings is 1. The van der Waals surface area contributed by atoms with Crippen molar-refractivity contribution in [1.29, 1.82) is 0 Å². The molecule has 2 aliphatic heterocycles. The molecule has 0 aromatic heterocycles. The van der Waals surface area contributed by atoms with Gasteiger partial charge in [0.05, 0.1) is 6.61 Å². The number of fused-ring (bicyclic) bond motifs is 5. The van der Waals surface area contributed by atoms with E-state index in [1.54, 1.807) is 0 Å². The van der Waals surface area contributed by atoms with Crippen LogP contribution in [0, 0.1) is 11.8 Å². The summed E-state index contributed by atoms with van der Waals surface area (Å²) in [5.74, 6) is 0.880. The number of aliphatic hydroxyl groups excluding tert-OH is 1. The molecule has 4 heteroatoms. The highest BCUT2D eigenvalue weighted by Crippen LogP contribution is 2.57. The summed E-state index contributed by atoms with van der Waals surface area (Å²) in [5, 5.41) is 9.62. The van der Waals surface area contributed by atoms with Crippen molar-refractivity contribution in [1.82, 2.24) is 4.90 Å². The third-order valence-electron chi connectivity index (χ3n) is 6.17. The van der Waals surface area contributed by atoms with Gasteiger partial charge in [0, 0.05) is 18.5 Å². The van der Waals surface area contributed by atoms with Crippen molar-refractivity contribution < 1.29 is 14.6 Å². The van der Waals surface area contributed by atoms with Crippen molar-refractivity contribution in [2.75, 3.05) is 13.7 Å². The quantitative estimate of drug-likeness (QED) is 0.865. The van der Waals surface area contributed by atoms with Gasteiger partial charge in [0.25, 0.3) is 0 Å². The molecule has 1 aromatic rings. The Kier molecular flexibility index (Phi) is 3.90. The van der Waals surface area contributed by atoms with E-state index < -0.39 is 5.92 Å². The molecule has 124 valence electrons. The zero-order chi connectivity index (χ0) is 16.0. The number of rotatable bonds is 4. The van der Waals surface area contributed by atoms with E-state index in [0.717, 1.165) is 36.7 Å². The Bertz CT molecular complexity index is 575. The van der Waals surface area contributed by atoms with E-state index >= 15 is 0 Å². The molecule has 0 spiro atoms. The Morgan fingerprint density at radius 1 is 1.22 bits per heavy atom. The summed E-state index contributed by atoms with van der Waals surface area (Å²) >= 11 is 0. The minimum absolute atomic E-state index is 0.000683. The van der Waals surface area contributed by atoms with Crippen LogP contribution in [0.4, 0.5) is 0 Å². The highest BCUT2D eigenvalue weighted by Gasteiger charge is 2.58. The first-order valence-electron chi connectivity index (χ1n) is 8.77. The number of carbonyl (C=O) groups excluding carboxylic acids is 1. The molecule has 1 aliphatic carbocycles. The van der Waals surface area contributed by atoms with Gasteiger partial charge in [-0.2, -0.15) is 0 Å². The van der Waals surface area contributed by atoms with E-state index in [9.17, 15) is 9.90 Å². The van der Waals surface area contributed by atoms with Crippen molar-refractivity contribution in [3.8, 4) is 0 Å². The third kappa shape index (κ3) is 2.68. The van der Waals surface area contributed by atoms with Crippen LogP contribution in [0.15, 0.2) is 30.3 Å². The first kappa shape index (κ1) is 15.2. The smallest absolute Gasteiger partial charge is 0.316 e. The van der Waals surface area contributed by atoms with Crippen LogP contribution in [-0.2, 0) is 9.53 Å². The predicted octanol–water partition coefficient (Wildman–Crippen LogP) is 2.18. The first-order valence-corrected chi connectivity index (χ1v) is 8.77. The highest BCUT2D eigenvalue weighted by atomic mass is 16.5. The number of piperidine rings is 1. The van der Waals surface area contributed by atoms with Crippen molar-refractivity contribution in [3.05, 3.63) is 35.9 Å². The second-order valence-electron chi connectivity index (χ2n) is 7.38. The highest BCUT2D eigenvalue weighted by molar-refractivity contribution is 5.78. The molecule has 2 heterocycles. The SMILES string of the molecule is CN1C2CC(OC(=O)[C@H](CO)c3ccccc3)CCC1[C@@H]1C[C@H]21. The van der Waals surface area contributed by atoms with E-state index in [1.165, 1.54) is 6.42 Å². The summed E-state index contributed by atoms with van der Waals surface area (Å²) in [6.07, 6.45) is 4.39. The van der Waals surface area contributed by atoms with Gasteiger partial charge < -0.3 is 9.84 Å². The first-order chi connectivity index (χ1) is 11.2. The molecule has 1 saturated carbocycles. The monoisotopic (exact) mass is 315 g/mol. The van der Waals surface area contributed by atoms with Crippen molar-refractivity contribution >= 4 is 5.97 Å². The van der Waals surface area contributed by atoms with Gasteiger partial charge in [-0.05, 0) is 43.7 Å². The second-order valence-corrected chi connectivity index (χ2v) is 7.38. The lowest BCUT2D eigenvalue weighted by Crippen LogP contribution is -2.35. The molecule has 23 heavy (non-hydrogen) atoms. The van der Waals surface area contributed by atoms with E-state index in [2.05, 4.69) is 11.9 Å². The molecule has 4 nitrogen and oxygen atoms in total. The van der Waals surface area contributed by atoms with Gasteiger partial charge in [0.15, 0.2) is 0 Å². The molecule has 4 rings (SSSR count). The molecule has 3 fully saturated rings. The average molecular weight is 315 g/mol. The summed E-state index contributed by atoms with van der Waals surface area (Å²) in [5.41, 5.74) is 0.828. The van der Waals surface area contributed by atoms with E-state index in [-0.39, 0.29) is 18.7 Å². The van der Waals surface area contributed by atoms with Crippen LogP contribution in [0.1, 0.15) is 37.2 Å². The average Bonchev–Trinajstić information content (AvgIpc) is 3.28. The maximum absolute atomic E-state index is 12.5. The normalized spacial score (nSPS) is 36.9. The molecule has 3 aliphatic rings. The van der Waals surface area contributed by atoms with Crippen LogP contribution in [0.25, 0.3) is 0 Å². The summed E-state index contributed by atoms with van der Waals surface area (Å²) in [6, 6.07) is 10.7. The Hall–Kier alpha value is -1.39. The molecule has 0 radical (unpaired) electrons. The molecule has 1 aromatic carbocycles. The zero-order valence-corrected chi connectivity index (χ0v) is 13.6. The minimum atomic E-state index is -0.567. The lowest BCUT2D eigenvalue weighted by Gasteiger charge is -2.27. The molecule has 6 atom stereocenters. The van der Waals surface area contributed by atoms with Gasteiger partial charge >= 0.3 is 5.97 Å². The van der Waals surface area contributed by atoms with Crippen molar-refractivity contribution in [2.24, 2.45) is 11.8 Å². The number of carbonyl (C=O) groups is 1. The number of ether oxygens (including phenoxy) is 1. The van der Waals surface area contributed by atoms with Crippen LogP contribution in [-0.4, -0.2) is 47.8 Å². The maximum Gasteiger partial charge on any atom is 0.316 e. The van der Waals surface area contributed by atoms with Crippen molar-refractivity contribution in [3.63, 3.8) is 0 Å². The van der Waals surface area contributed by atoms with Crippen molar-refractivity contribution in [2.45, 2.75) is 49.8 Å². The largest absolute Gasteiger partial charge is 0.462 e. The second kappa shape index (κ2) is 5.91. The van der Waals surface area contributed by atoms with Gasteiger partial charge in [0.2, 0.25) is 0 Å². The fourth-order valence-electron chi connectivity index (χ4n) is 4.83. The van der Waals surface area contributed by atoms with Gasteiger partial charge in [-0.15, -0.1) is 0 Å². The summed E-state index contributed by atoms with van der Waals surface area (Å²) in [7, 11) is 2.23. The molecule has 0 amide bonds. The van der Waals surface area contributed by atoms with E-state index in [0.29, 0.717) is 12.1 Å². The Morgan fingerprint density at radius 3 is 2.70 bits per heavy atom. The molecular weight excluding hydrogens is 290 g/mol. The predicted molar refractivity (Wildman–Crippen MR) is 86.9 cm³/mol. The number of hydrogen-bond donors (Lipinski definition) is 1.